The fraction of sp³-hybridized carbons (Fsp3) is 0.0588. The van der Waals surface area contributed by atoms with Gasteiger partial charge in [-0.15, -0.1) is 11.3 Å². The lowest BCUT2D eigenvalue weighted by atomic mass is 10.0. The smallest absolute Gasteiger partial charge is 0.244 e. The summed E-state index contributed by atoms with van der Waals surface area (Å²) < 4.78 is 0.698. The molecule has 110 valence electrons. The van der Waals surface area contributed by atoms with Crippen molar-refractivity contribution < 1.29 is 4.79 Å². The predicted octanol–water partition coefficient (Wildman–Crippen LogP) is 4.25. The number of rotatable bonds is 4. The number of thiophene rings is 1. The molecule has 0 spiro atoms. The molecule has 1 aromatic heterocycles. The third-order valence-electron chi connectivity index (χ3n) is 3.21. The summed E-state index contributed by atoms with van der Waals surface area (Å²) in [4.78, 5) is 12.9. The highest BCUT2D eigenvalue weighted by Gasteiger charge is 2.05. The molecule has 1 N–H and O–H groups in total. The van der Waals surface area contributed by atoms with E-state index in [0.717, 1.165) is 21.2 Å². The Hall–Kier alpha value is -2.17. The number of hydrogen-bond acceptors (Lipinski definition) is 3. The van der Waals surface area contributed by atoms with E-state index in [0.29, 0.717) is 10.8 Å². The van der Waals surface area contributed by atoms with Gasteiger partial charge in [0.25, 0.3) is 0 Å². The van der Waals surface area contributed by atoms with Crippen LogP contribution in [0.4, 0.5) is 0 Å². The van der Waals surface area contributed by atoms with Crippen molar-refractivity contribution in [1.82, 2.24) is 5.43 Å². The first-order valence-corrected chi connectivity index (χ1v) is 7.96. The Kier molecular flexibility index (Phi) is 4.51. The van der Waals surface area contributed by atoms with E-state index in [-0.39, 0.29) is 5.91 Å². The van der Waals surface area contributed by atoms with Crippen LogP contribution in [0.15, 0.2) is 59.7 Å². The number of benzene rings is 2. The normalized spacial score (nSPS) is 11.1. The molecule has 0 atom stereocenters. The summed E-state index contributed by atoms with van der Waals surface area (Å²) in [7, 11) is 0. The van der Waals surface area contributed by atoms with Gasteiger partial charge in [-0.3, -0.25) is 4.79 Å². The van der Waals surface area contributed by atoms with E-state index in [1.807, 2.05) is 48.5 Å². The highest BCUT2D eigenvalue weighted by molar-refractivity contribution is 7.17. The molecule has 0 fully saturated rings. The molecule has 0 aliphatic heterocycles. The van der Waals surface area contributed by atoms with E-state index in [9.17, 15) is 4.79 Å². The zero-order chi connectivity index (χ0) is 15.4. The molecule has 0 aliphatic carbocycles. The third kappa shape index (κ3) is 3.53. The summed E-state index contributed by atoms with van der Waals surface area (Å²) in [5, 5.41) is 6.18. The molecule has 1 heterocycles. The van der Waals surface area contributed by atoms with Crippen molar-refractivity contribution in [2.24, 2.45) is 5.10 Å². The zero-order valence-electron chi connectivity index (χ0n) is 11.6. The Bertz CT molecular complexity index is 836. The second-order valence-corrected chi connectivity index (χ2v) is 6.50. The Balaban J connectivity index is 1.67. The van der Waals surface area contributed by atoms with Gasteiger partial charge in [-0.2, -0.15) is 5.10 Å². The number of fused-ring (bicyclic) bond motifs is 1. The molecule has 0 aliphatic rings. The quantitative estimate of drug-likeness (QED) is 0.564. The van der Waals surface area contributed by atoms with Crippen LogP contribution < -0.4 is 5.43 Å². The number of amides is 1. The number of nitrogens with zero attached hydrogens (tertiary/aromatic N) is 1. The van der Waals surface area contributed by atoms with Gasteiger partial charge in [0.15, 0.2) is 0 Å². The fourth-order valence-electron chi connectivity index (χ4n) is 2.22. The van der Waals surface area contributed by atoms with Crippen LogP contribution in [0.3, 0.4) is 0 Å². The number of halogens is 1. The number of carbonyl (C=O) groups is 1. The van der Waals surface area contributed by atoms with Crippen LogP contribution in [-0.4, -0.2) is 12.1 Å². The summed E-state index contributed by atoms with van der Waals surface area (Å²) in [6.45, 7) is 0. The fourth-order valence-corrected chi connectivity index (χ4v) is 3.16. The summed E-state index contributed by atoms with van der Waals surface area (Å²) in [5.74, 6) is -0.143. The van der Waals surface area contributed by atoms with Crippen LogP contribution in [0.1, 0.15) is 10.4 Å². The summed E-state index contributed by atoms with van der Waals surface area (Å²) in [5.41, 5.74) is 3.54. The van der Waals surface area contributed by atoms with E-state index in [1.165, 1.54) is 11.3 Å². The molecule has 1 amide bonds. The summed E-state index contributed by atoms with van der Waals surface area (Å²) in [6.07, 6.45) is 1.89. The van der Waals surface area contributed by atoms with Crippen LogP contribution >= 0.6 is 22.9 Å². The average molecular weight is 329 g/mol. The molecule has 5 heteroatoms. The number of nitrogens with one attached hydrogen (secondary N) is 1. The summed E-state index contributed by atoms with van der Waals surface area (Å²) >= 11 is 7.24. The van der Waals surface area contributed by atoms with Gasteiger partial charge in [-0.05, 0) is 28.5 Å². The van der Waals surface area contributed by atoms with Crippen molar-refractivity contribution in [3.63, 3.8) is 0 Å². The first-order chi connectivity index (χ1) is 10.7. The van der Waals surface area contributed by atoms with E-state index in [1.54, 1.807) is 12.3 Å². The van der Waals surface area contributed by atoms with Gasteiger partial charge < -0.3 is 0 Å². The van der Waals surface area contributed by atoms with Crippen LogP contribution in [0, 0.1) is 0 Å². The molecule has 3 rings (SSSR count). The second kappa shape index (κ2) is 6.73. The molecular weight excluding hydrogens is 316 g/mol. The van der Waals surface area contributed by atoms with E-state index in [4.69, 9.17) is 11.6 Å². The van der Waals surface area contributed by atoms with Crippen LogP contribution in [0.25, 0.3) is 10.8 Å². The molecule has 0 unspecified atom stereocenters. The lowest BCUT2D eigenvalue weighted by Crippen LogP contribution is -2.19. The maximum Gasteiger partial charge on any atom is 0.244 e. The third-order valence-corrected chi connectivity index (χ3v) is 4.37. The highest BCUT2D eigenvalue weighted by atomic mass is 35.5. The maximum atomic E-state index is 12.0. The topological polar surface area (TPSA) is 41.5 Å². The molecule has 2 aromatic carbocycles. The molecule has 0 bridgehead atoms. The highest BCUT2D eigenvalue weighted by Crippen LogP contribution is 2.20. The predicted molar refractivity (Wildman–Crippen MR) is 92.7 cm³/mol. The minimum atomic E-state index is -0.143. The maximum absolute atomic E-state index is 12.0. The lowest BCUT2D eigenvalue weighted by Gasteiger charge is -2.05. The van der Waals surface area contributed by atoms with Crippen molar-refractivity contribution in [1.29, 1.82) is 0 Å². The van der Waals surface area contributed by atoms with Gasteiger partial charge in [-0.1, -0.05) is 54.1 Å². The van der Waals surface area contributed by atoms with Crippen molar-refractivity contribution in [2.45, 2.75) is 6.42 Å². The molecule has 0 radical (unpaired) electrons. The Morgan fingerprint density at radius 3 is 2.77 bits per heavy atom. The SMILES string of the molecule is O=C(Cc1cccc2ccccc12)NN=Cc1ccc(Cl)s1. The molecule has 0 saturated heterocycles. The molecule has 22 heavy (non-hydrogen) atoms. The Labute approximate surface area is 137 Å². The van der Waals surface area contributed by atoms with Crippen molar-refractivity contribution >= 4 is 45.8 Å². The number of carbonyl (C=O) groups excluding carboxylic acids is 1. The summed E-state index contributed by atoms with van der Waals surface area (Å²) in [6, 6.07) is 17.6. The van der Waals surface area contributed by atoms with Gasteiger partial charge >= 0.3 is 0 Å². The lowest BCUT2D eigenvalue weighted by molar-refractivity contribution is -0.120. The first-order valence-electron chi connectivity index (χ1n) is 6.76. The van der Waals surface area contributed by atoms with Crippen LogP contribution in [0.5, 0.6) is 0 Å². The molecule has 0 saturated carbocycles. The van der Waals surface area contributed by atoms with E-state index in [2.05, 4.69) is 10.5 Å². The molecule has 3 nitrogen and oxygen atoms in total. The van der Waals surface area contributed by atoms with Gasteiger partial charge in [0, 0.05) is 4.88 Å². The minimum Gasteiger partial charge on any atom is -0.273 e. The van der Waals surface area contributed by atoms with Crippen molar-refractivity contribution in [3.8, 4) is 0 Å². The largest absolute Gasteiger partial charge is 0.273 e. The number of hydrogen-bond donors (Lipinski definition) is 1. The van der Waals surface area contributed by atoms with Crippen LogP contribution in [-0.2, 0) is 11.2 Å². The van der Waals surface area contributed by atoms with Gasteiger partial charge in [0.2, 0.25) is 5.91 Å². The molecular formula is C17H13ClN2OS. The number of hydrazone groups is 1. The zero-order valence-corrected chi connectivity index (χ0v) is 13.2. The van der Waals surface area contributed by atoms with Crippen molar-refractivity contribution in [2.75, 3.05) is 0 Å². The standard InChI is InChI=1S/C17H13ClN2OS/c18-16-9-8-14(22-16)11-19-20-17(21)10-13-6-3-5-12-4-1-2-7-15(12)13/h1-9,11H,10H2,(H,20,21). The van der Waals surface area contributed by atoms with Crippen LogP contribution in [0.2, 0.25) is 4.34 Å². The average Bonchev–Trinajstić information content (AvgIpc) is 2.93. The van der Waals surface area contributed by atoms with Gasteiger partial charge in [-0.25, -0.2) is 5.43 Å². The Morgan fingerprint density at radius 2 is 1.95 bits per heavy atom. The van der Waals surface area contributed by atoms with E-state index < -0.39 is 0 Å². The van der Waals surface area contributed by atoms with Crippen molar-refractivity contribution in [3.05, 3.63) is 69.4 Å². The first kappa shape index (κ1) is 14.8. The van der Waals surface area contributed by atoms with Gasteiger partial charge in [0.05, 0.1) is 17.0 Å². The second-order valence-electron chi connectivity index (χ2n) is 4.75. The monoisotopic (exact) mass is 328 g/mol. The minimum absolute atomic E-state index is 0.143. The van der Waals surface area contributed by atoms with Gasteiger partial charge in [0.1, 0.15) is 0 Å². The van der Waals surface area contributed by atoms with E-state index >= 15 is 0 Å². The Morgan fingerprint density at radius 1 is 1.14 bits per heavy atom. The molecule has 3 aromatic rings.